The van der Waals surface area contributed by atoms with Crippen LogP contribution in [0.25, 0.3) is 0 Å². The molecule has 0 aromatic carbocycles. The maximum atomic E-state index is 8.91. The Morgan fingerprint density at radius 3 is 2.38 bits per heavy atom. The van der Waals surface area contributed by atoms with Crippen molar-refractivity contribution in [3.8, 4) is 0 Å². The molecule has 0 radical (unpaired) electrons. The molecule has 2 rings (SSSR count). The zero-order valence-corrected chi connectivity index (χ0v) is 9.63. The number of hydrogen-bond acceptors (Lipinski definition) is 5. The van der Waals surface area contributed by atoms with Crippen LogP contribution in [0, 0.1) is 0 Å². The monoisotopic (exact) mass is 223 g/mol. The van der Waals surface area contributed by atoms with Gasteiger partial charge in [-0.15, -0.1) is 0 Å². The predicted octanol–water partition coefficient (Wildman–Crippen LogP) is 0.583. The summed E-state index contributed by atoms with van der Waals surface area (Å²) in [6.07, 6.45) is 3.72. The molecule has 1 aromatic heterocycles. The molecule has 1 aliphatic rings. The van der Waals surface area contributed by atoms with Gasteiger partial charge in [0.15, 0.2) is 0 Å². The molecule has 1 N–H and O–H groups in total. The lowest BCUT2D eigenvalue weighted by Crippen LogP contribution is -2.46. The van der Waals surface area contributed by atoms with E-state index in [1.54, 1.807) is 12.4 Å². The van der Waals surface area contributed by atoms with Gasteiger partial charge in [0.05, 0.1) is 18.8 Å². The highest BCUT2D eigenvalue weighted by atomic mass is 16.5. The van der Waals surface area contributed by atoms with Crippen molar-refractivity contribution in [2.75, 3.05) is 18.0 Å². The average molecular weight is 223 g/mol. The van der Waals surface area contributed by atoms with Gasteiger partial charge >= 0.3 is 0 Å². The van der Waals surface area contributed by atoms with E-state index >= 15 is 0 Å². The second-order valence-electron chi connectivity index (χ2n) is 4.21. The lowest BCUT2D eigenvalue weighted by atomic mass is 10.2. The summed E-state index contributed by atoms with van der Waals surface area (Å²) in [6.45, 7) is 5.69. The van der Waals surface area contributed by atoms with E-state index in [1.807, 2.05) is 13.8 Å². The van der Waals surface area contributed by atoms with E-state index in [4.69, 9.17) is 9.84 Å². The molecule has 1 saturated heterocycles. The standard InChI is InChI=1S/C11H17N3O2/c1-8-5-14(6-9(2)16-8)11-12-3-10(7-15)4-13-11/h3-4,8-9,15H,5-7H2,1-2H3/t8-,9+. The summed E-state index contributed by atoms with van der Waals surface area (Å²) >= 11 is 0. The molecule has 0 aliphatic carbocycles. The van der Waals surface area contributed by atoms with Crippen molar-refractivity contribution < 1.29 is 9.84 Å². The second kappa shape index (κ2) is 4.76. The van der Waals surface area contributed by atoms with Crippen molar-refractivity contribution >= 4 is 5.95 Å². The Balaban J connectivity index is 2.10. The Morgan fingerprint density at radius 1 is 1.31 bits per heavy atom. The van der Waals surface area contributed by atoms with Crippen LogP contribution in [0.4, 0.5) is 5.95 Å². The smallest absolute Gasteiger partial charge is 0.225 e. The number of aliphatic hydroxyl groups excluding tert-OH is 1. The largest absolute Gasteiger partial charge is 0.392 e. The van der Waals surface area contributed by atoms with Crippen LogP contribution in [0.2, 0.25) is 0 Å². The quantitative estimate of drug-likeness (QED) is 0.795. The van der Waals surface area contributed by atoms with E-state index in [0.717, 1.165) is 18.7 Å². The van der Waals surface area contributed by atoms with Gasteiger partial charge in [-0.25, -0.2) is 9.97 Å². The number of ether oxygens (including phenoxy) is 1. The minimum Gasteiger partial charge on any atom is -0.392 e. The van der Waals surface area contributed by atoms with Gasteiger partial charge in [-0.2, -0.15) is 0 Å². The summed E-state index contributed by atoms with van der Waals surface area (Å²) in [5, 5.41) is 8.91. The number of hydrogen-bond donors (Lipinski definition) is 1. The van der Waals surface area contributed by atoms with Gasteiger partial charge in [-0.3, -0.25) is 0 Å². The van der Waals surface area contributed by atoms with Crippen molar-refractivity contribution in [2.24, 2.45) is 0 Å². The van der Waals surface area contributed by atoms with Gasteiger partial charge in [-0.1, -0.05) is 0 Å². The number of aliphatic hydroxyl groups is 1. The number of nitrogens with zero attached hydrogens (tertiary/aromatic N) is 3. The number of aromatic nitrogens is 2. The maximum Gasteiger partial charge on any atom is 0.225 e. The zero-order chi connectivity index (χ0) is 11.5. The van der Waals surface area contributed by atoms with Crippen LogP contribution >= 0.6 is 0 Å². The molecule has 2 heterocycles. The first-order valence-electron chi connectivity index (χ1n) is 5.51. The fraction of sp³-hybridized carbons (Fsp3) is 0.636. The van der Waals surface area contributed by atoms with Crippen LogP contribution in [0.15, 0.2) is 12.4 Å². The number of anilines is 1. The normalized spacial score (nSPS) is 25.8. The topological polar surface area (TPSA) is 58.5 Å². The summed E-state index contributed by atoms with van der Waals surface area (Å²) in [4.78, 5) is 10.6. The van der Waals surface area contributed by atoms with E-state index < -0.39 is 0 Å². The lowest BCUT2D eigenvalue weighted by Gasteiger charge is -2.35. The second-order valence-corrected chi connectivity index (χ2v) is 4.21. The fourth-order valence-electron chi connectivity index (χ4n) is 1.93. The first kappa shape index (κ1) is 11.3. The molecule has 1 aliphatic heterocycles. The molecule has 5 heteroatoms. The van der Waals surface area contributed by atoms with E-state index in [0.29, 0.717) is 5.95 Å². The summed E-state index contributed by atoms with van der Waals surface area (Å²) in [5.41, 5.74) is 0.734. The van der Waals surface area contributed by atoms with Crippen LogP contribution < -0.4 is 4.90 Å². The molecule has 16 heavy (non-hydrogen) atoms. The van der Waals surface area contributed by atoms with Gasteiger partial charge in [0.2, 0.25) is 5.95 Å². The molecule has 1 aromatic rings. The van der Waals surface area contributed by atoms with Crippen LogP contribution in [0.1, 0.15) is 19.4 Å². The molecule has 0 bridgehead atoms. The van der Waals surface area contributed by atoms with Crippen molar-refractivity contribution in [3.63, 3.8) is 0 Å². The minimum atomic E-state index is -0.0177. The number of rotatable bonds is 2. The maximum absolute atomic E-state index is 8.91. The third-order valence-electron chi connectivity index (χ3n) is 2.58. The molecular weight excluding hydrogens is 206 g/mol. The number of morpholine rings is 1. The van der Waals surface area contributed by atoms with Crippen molar-refractivity contribution in [1.29, 1.82) is 0 Å². The zero-order valence-electron chi connectivity index (χ0n) is 9.63. The fourth-order valence-corrected chi connectivity index (χ4v) is 1.93. The third-order valence-corrected chi connectivity index (χ3v) is 2.58. The molecule has 2 atom stereocenters. The average Bonchev–Trinajstić information content (AvgIpc) is 2.28. The van der Waals surface area contributed by atoms with Crippen molar-refractivity contribution in [2.45, 2.75) is 32.7 Å². The van der Waals surface area contributed by atoms with E-state index in [2.05, 4.69) is 14.9 Å². The van der Waals surface area contributed by atoms with Gasteiger partial charge in [0.1, 0.15) is 0 Å². The van der Waals surface area contributed by atoms with Crippen LogP contribution in [0.3, 0.4) is 0 Å². The Hall–Kier alpha value is -1.20. The Bertz CT molecular complexity index is 332. The Labute approximate surface area is 95.1 Å². The molecule has 5 nitrogen and oxygen atoms in total. The molecular formula is C11H17N3O2. The molecule has 0 saturated carbocycles. The van der Waals surface area contributed by atoms with E-state index in [1.165, 1.54) is 0 Å². The summed E-state index contributed by atoms with van der Waals surface area (Å²) in [5.74, 6) is 0.708. The van der Waals surface area contributed by atoms with Crippen LogP contribution in [-0.4, -0.2) is 40.4 Å². The summed E-state index contributed by atoms with van der Waals surface area (Å²) < 4.78 is 5.65. The van der Waals surface area contributed by atoms with Crippen molar-refractivity contribution in [3.05, 3.63) is 18.0 Å². The van der Waals surface area contributed by atoms with E-state index in [-0.39, 0.29) is 18.8 Å². The van der Waals surface area contributed by atoms with Gasteiger partial charge in [-0.05, 0) is 13.8 Å². The Morgan fingerprint density at radius 2 is 1.88 bits per heavy atom. The molecule has 1 fully saturated rings. The van der Waals surface area contributed by atoms with Crippen LogP contribution in [-0.2, 0) is 11.3 Å². The molecule has 0 amide bonds. The summed E-state index contributed by atoms with van der Waals surface area (Å²) in [6, 6.07) is 0. The first-order chi connectivity index (χ1) is 7.69. The third kappa shape index (κ3) is 2.48. The molecule has 88 valence electrons. The predicted molar refractivity (Wildman–Crippen MR) is 60.2 cm³/mol. The summed E-state index contributed by atoms with van der Waals surface area (Å²) in [7, 11) is 0. The van der Waals surface area contributed by atoms with Crippen LogP contribution in [0.5, 0.6) is 0 Å². The highest BCUT2D eigenvalue weighted by Gasteiger charge is 2.23. The van der Waals surface area contributed by atoms with Crippen molar-refractivity contribution in [1.82, 2.24) is 9.97 Å². The van der Waals surface area contributed by atoms with E-state index in [9.17, 15) is 0 Å². The minimum absolute atomic E-state index is 0.0177. The van der Waals surface area contributed by atoms with Gasteiger partial charge < -0.3 is 14.7 Å². The van der Waals surface area contributed by atoms with Gasteiger partial charge in [0.25, 0.3) is 0 Å². The highest BCUT2D eigenvalue weighted by molar-refractivity contribution is 5.31. The first-order valence-corrected chi connectivity index (χ1v) is 5.51. The SMILES string of the molecule is C[C@@H]1CN(c2ncc(CO)cn2)C[C@H](C)O1. The van der Waals surface area contributed by atoms with Gasteiger partial charge in [0, 0.05) is 31.0 Å². The highest BCUT2D eigenvalue weighted by Crippen LogP contribution is 2.15. The molecule has 0 unspecified atom stereocenters. The lowest BCUT2D eigenvalue weighted by molar-refractivity contribution is -0.00572. The molecule has 0 spiro atoms. The Kier molecular flexibility index (Phi) is 3.36.